The molecule has 0 fully saturated rings. The molecule has 1 aromatic rings. The van der Waals surface area contributed by atoms with Gasteiger partial charge in [0.05, 0.1) is 6.61 Å². The van der Waals surface area contributed by atoms with Crippen LogP contribution in [0, 0.1) is 0 Å². The lowest BCUT2D eigenvalue weighted by molar-refractivity contribution is 0.333. The molecular weight excluding hydrogens is 254 g/mol. The fraction of sp³-hybridized carbons (Fsp3) is 0.500. The Kier molecular flexibility index (Phi) is 5.12. The van der Waals surface area contributed by atoms with Gasteiger partial charge in [-0.2, -0.15) is 0 Å². The number of hydrogen-bond donors (Lipinski definition) is 1. The van der Waals surface area contributed by atoms with Crippen LogP contribution in [0.5, 0.6) is 5.75 Å². The minimum Gasteiger partial charge on any atom is -0.494 e. The minimum atomic E-state index is 0.0639. The van der Waals surface area contributed by atoms with Crippen LogP contribution < -0.4 is 10.5 Å². The average Bonchev–Trinajstić information content (AvgIpc) is 2.21. The highest BCUT2D eigenvalue weighted by Crippen LogP contribution is 2.29. The summed E-state index contributed by atoms with van der Waals surface area (Å²) in [6.07, 6.45) is 2.07. The first-order valence-corrected chi connectivity index (χ1v) is 6.16. The molecule has 1 atom stereocenters. The topological polar surface area (TPSA) is 35.2 Å². The molecule has 0 aliphatic heterocycles. The lowest BCUT2D eigenvalue weighted by Crippen LogP contribution is -2.11. The molecule has 3 heteroatoms. The lowest BCUT2D eigenvalue weighted by atomic mass is 10.0. The zero-order valence-electron chi connectivity index (χ0n) is 9.29. The van der Waals surface area contributed by atoms with Crippen LogP contribution in [0.15, 0.2) is 22.7 Å². The van der Waals surface area contributed by atoms with Crippen molar-refractivity contribution in [2.75, 3.05) is 6.61 Å². The number of rotatable bonds is 5. The first-order valence-electron chi connectivity index (χ1n) is 5.36. The molecule has 0 aromatic heterocycles. The Labute approximate surface area is 99.9 Å². The van der Waals surface area contributed by atoms with E-state index in [2.05, 4.69) is 22.9 Å². The number of nitrogens with two attached hydrogens (primary N) is 1. The number of halogens is 1. The van der Waals surface area contributed by atoms with Crippen LogP contribution in [0.3, 0.4) is 0 Å². The van der Waals surface area contributed by atoms with Crippen molar-refractivity contribution >= 4 is 15.9 Å². The van der Waals surface area contributed by atoms with Crippen LogP contribution in [-0.2, 0) is 0 Å². The minimum absolute atomic E-state index is 0.0639. The highest BCUT2D eigenvalue weighted by atomic mass is 79.9. The maximum atomic E-state index is 6.10. The van der Waals surface area contributed by atoms with E-state index in [4.69, 9.17) is 10.5 Å². The first-order chi connectivity index (χ1) is 7.19. The summed E-state index contributed by atoms with van der Waals surface area (Å²) >= 11 is 3.46. The number of hydrogen-bond acceptors (Lipinski definition) is 2. The smallest absolute Gasteiger partial charge is 0.124 e. The predicted molar refractivity (Wildman–Crippen MR) is 67.1 cm³/mol. The molecule has 84 valence electrons. The highest BCUT2D eigenvalue weighted by Gasteiger charge is 2.11. The van der Waals surface area contributed by atoms with Crippen LogP contribution in [-0.4, -0.2) is 6.61 Å². The van der Waals surface area contributed by atoms with Gasteiger partial charge in [-0.25, -0.2) is 0 Å². The van der Waals surface area contributed by atoms with Crippen LogP contribution in [0.1, 0.15) is 38.3 Å². The Morgan fingerprint density at radius 2 is 2.13 bits per heavy atom. The fourth-order valence-corrected chi connectivity index (χ4v) is 1.94. The standard InChI is InChI=1S/C12H18BrNO/c1-3-5-11(14)10-8-9(13)6-7-12(10)15-4-2/h6-8,11H,3-5,14H2,1-2H3/t11-/m0/s1. The van der Waals surface area contributed by atoms with Gasteiger partial charge in [-0.05, 0) is 31.5 Å². The predicted octanol–water partition coefficient (Wildman–Crippen LogP) is 3.65. The van der Waals surface area contributed by atoms with E-state index < -0.39 is 0 Å². The van der Waals surface area contributed by atoms with Crippen molar-refractivity contribution in [3.05, 3.63) is 28.2 Å². The van der Waals surface area contributed by atoms with E-state index in [-0.39, 0.29) is 6.04 Å². The fourth-order valence-electron chi connectivity index (χ4n) is 1.56. The second kappa shape index (κ2) is 6.13. The van der Waals surface area contributed by atoms with Gasteiger partial charge in [0.2, 0.25) is 0 Å². The molecule has 0 spiro atoms. The van der Waals surface area contributed by atoms with Gasteiger partial charge in [-0.15, -0.1) is 0 Å². The summed E-state index contributed by atoms with van der Waals surface area (Å²) in [4.78, 5) is 0. The molecular formula is C12H18BrNO. The first kappa shape index (κ1) is 12.5. The lowest BCUT2D eigenvalue weighted by Gasteiger charge is -2.16. The van der Waals surface area contributed by atoms with E-state index in [9.17, 15) is 0 Å². The third-order valence-electron chi connectivity index (χ3n) is 2.27. The molecule has 2 nitrogen and oxygen atoms in total. The molecule has 15 heavy (non-hydrogen) atoms. The molecule has 0 unspecified atom stereocenters. The molecule has 0 amide bonds. The van der Waals surface area contributed by atoms with E-state index in [1.165, 1.54) is 0 Å². The van der Waals surface area contributed by atoms with E-state index >= 15 is 0 Å². The highest BCUT2D eigenvalue weighted by molar-refractivity contribution is 9.10. The Hall–Kier alpha value is -0.540. The van der Waals surface area contributed by atoms with Crippen molar-refractivity contribution in [2.24, 2.45) is 5.73 Å². The van der Waals surface area contributed by atoms with Gasteiger partial charge in [0.25, 0.3) is 0 Å². The summed E-state index contributed by atoms with van der Waals surface area (Å²) in [5.41, 5.74) is 7.20. The quantitative estimate of drug-likeness (QED) is 0.888. The second-order valence-electron chi connectivity index (χ2n) is 3.51. The second-order valence-corrected chi connectivity index (χ2v) is 4.43. The molecule has 0 aliphatic carbocycles. The van der Waals surface area contributed by atoms with Gasteiger partial charge >= 0.3 is 0 Å². The summed E-state index contributed by atoms with van der Waals surface area (Å²) in [6.45, 7) is 4.79. The van der Waals surface area contributed by atoms with Crippen molar-refractivity contribution in [1.29, 1.82) is 0 Å². The van der Waals surface area contributed by atoms with Crippen LogP contribution >= 0.6 is 15.9 Å². The zero-order chi connectivity index (χ0) is 11.3. The number of ether oxygens (including phenoxy) is 1. The Morgan fingerprint density at radius 1 is 1.40 bits per heavy atom. The van der Waals surface area contributed by atoms with Gasteiger partial charge in [0.1, 0.15) is 5.75 Å². The van der Waals surface area contributed by atoms with Crippen LogP contribution in [0.2, 0.25) is 0 Å². The molecule has 0 heterocycles. The SMILES string of the molecule is CCC[C@H](N)c1cc(Br)ccc1OCC. The van der Waals surface area contributed by atoms with E-state index in [0.717, 1.165) is 28.6 Å². The molecule has 0 saturated carbocycles. The van der Waals surface area contributed by atoms with E-state index in [1.807, 2.05) is 25.1 Å². The van der Waals surface area contributed by atoms with E-state index in [1.54, 1.807) is 0 Å². The Morgan fingerprint density at radius 3 is 2.73 bits per heavy atom. The van der Waals surface area contributed by atoms with Crippen molar-refractivity contribution < 1.29 is 4.74 Å². The third-order valence-corrected chi connectivity index (χ3v) is 2.76. The molecule has 0 aliphatic rings. The van der Waals surface area contributed by atoms with Crippen molar-refractivity contribution in [3.8, 4) is 5.75 Å². The summed E-state index contributed by atoms with van der Waals surface area (Å²) in [6, 6.07) is 6.06. The van der Waals surface area contributed by atoms with Gasteiger partial charge in [-0.1, -0.05) is 29.3 Å². The third kappa shape index (κ3) is 3.50. The van der Waals surface area contributed by atoms with Crippen LogP contribution in [0.25, 0.3) is 0 Å². The summed E-state index contributed by atoms with van der Waals surface area (Å²) in [7, 11) is 0. The zero-order valence-corrected chi connectivity index (χ0v) is 10.9. The summed E-state index contributed by atoms with van der Waals surface area (Å²) in [5.74, 6) is 0.904. The average molecular weight is 272 g/mol. The van der Waals surface area contributed by atoms with Crippen molar-refractivity contribution in [1.82, 2.24) is 0 Å². The van der Waals surface area contributed by atoms with Crippen LogP contribution in [0.4, 0.5) is 0 Å². The maximum Gasteiger partial charge on any atom is 0.124 e. The normalized spacial score (nSPS) is 12.5. The van der Waals surface area contributed by atoms with E-state index in [0.29, 0.717) is 6.61 Å². The molecule has 2 N–H and O–H groups in total. The van der Waals surface area contributed by atoms with Crippen molar-refractivity contribution in [3.63, 3.8) is 0 Å². The van der Waals surface area contributed by atoms with Crippen molar-refractivity contribution in [2.45, 2.75) is 32.7 Å². The van der Waals surface area contributed by atoms with Gasteiger partial charge < -0.3 is 10.5 Å². The molecule has 1 aromatic carbocycles. The van der Waals surface area contributed by atoms with Gasteiger partial charge in [-0.3, -0.25) is 0 Å². The molecule has 0 radical (unpaired) electrons. The van der Waals surface area contributed by atoms with Gasteiger partial charge in [0.15, 0.2) is 0 Å². The maximum absolute atomic E-state index is 6.10. The Balaban J connectivity index is 2.95. The molecule has 0 saturated heterocycles. The molecule has 0 bridgehead atoms. The molecule has 1 rings (SSSR count). The van der Waals surface area contributed by atoms with Gasteiger partial charge in [0, 0.05) is 16.1 Å². The monoisotopic (exact) mass is 271 g/mol. The largest absolute Gasteiger partial charge is 0.494 e. The Bertz CT molecular complexity index is 314. The summed E-state index contributed by atoms with van der Waals surface area (Å²) in [5, 5.41) is 0. The number of benzene rings is 1. The summed E-state index contributed by atoms with van der Waals surface area (Å²) < 4.78 is 6.61.